The largest absolute Gasteiger partial charge is 0.479 e. The maximum Gasteiger partial charge on any atom is 0.474 e. The zero-order valence-electron chi connectivity index (χ0n) is 54.6. The van der Waals surface area contributed by atoms with Crippen LogP contribution in [0.5, 0.6) is 0 Å². The van der Waals surface area contributed by atoms with Crippen molar-refractivity contribution in [3.05, 3.63) is 59.3 Å². The van der Waals surface area contributed by atoms with Crippen LogP contribution in [0.3, 0.4) is 0 Å². The Morgan fingerprint density at radius 1 is 0.742 bits per heavy atom. The van der Waals surface area contributed by atoms with Gasteiger partial charge in [-0.25, -0.2) is 18.9 Å². The van der Waals surface area contributed by atoms with Crippen LogP contribution in [-0.4, -0.2) is 235 Å². The number of allylic oxidation sites excluding steroid dienone is 8. The molecule has 4 fully saturated rings. The Hall–Kier alpha value is -5.17. The van der Waals surface area contributed by atoms with Crippen molar-refractivity contribution < 1.29 is 136 Å². The summed E-state index contributed by atoms with van der Waals surface area (Å²) in [4.78, 5) is 84.4. The van der Waals surface area contributed by atoms with Gasteiger partial charge in [-0.2, -0.15) is 0 Å². The van der Waals surface area contributed by atoms with Crippen molar-refractivity contribution in [2.75, 3.05) is 19.8 Å². The number of aliphatic hydroxyl groups excluding tert-OH is 6. The van der Waals surface area contributed by atoms with Crippen LogP contribution in [-0.2, 0) is 80.2 Å². The number of phosphoric ester groups is 1. The molecule has 532 valence electrons. The average Bonchev–Trinajstić information content (AvgIpc) is 0.757. The molecule has 0 saturated carbocycles. The number of nitrogens with one attached hydrogen (secondary N) is 2. The summed E-state index contributed by atoms with van der Waals surface area (Å²) < 4.78 is 73.8. The van der Waals surface area contributed by atoms with Gasteiger partial charge >= 0.3 is 25.9 Å². The number of carboxylic acid groups (broad SMARTS) is 2. The van der Waals surface area contributed by atoms with Crippen LogP contribution in [0.4, 0.5) is 4.79 Å². The Kier molecular flexibility index (Phi) is 33.0. The fourth-order valence-corrected chi connectivity index (χ4v) is 10.9. The van der Waals surface area contributed by atoms with Gasteiger partial charge in [0, 0.05) is 13.8 Å². The number of phosphoric acid groups is 1. The van der Waals surface area contributed by atoms with Crippen molar-refractivity contribution in [2.24, 2.45) is 16.9 Å². The molecule has 0 spiro atoms. The highest BCUT2D eigenvalue weighted by atomic mass is 31.2. The monoisotopic (exact) mass is 1350 g/mol. The average molecular weight is 1360 g/mol. The number of carbonyl (C=O) groups is 6. The minimum atomic E-state index is -5.64. The first-order valence-corrected chi connectivity index (χ1v) is 31.8. The van der Waals surface area contributed by atoms with Crippen molar-refractivity contribution in [3.63, 3.8) is 0 Å². The van der Waals surface area contributed by atoms with E-state index in [2.05, 4.69) is 83.1 Å². The Labute approximate surface area is 540 Å². The summed E-state index contributed by atoms with van der Waals surface area (Å²) >= 11 is 0. The lowest BCUT2D eigenvalue weighted by Crippen LogP contribution is -2.72. The summed E-state index contributed by atoms with van der Waals surface area (Å²) in [6.07, 6.45) is -19.3. The number of aliphatic carboxylic acids is 2. The van der Waals surface area contributed by atoms with E-state index in [4.69, 9.17) is 63.1 Å². The molecule has 0 radical (unpaired) electrons. The molecule has 22 unspecified atom stereocenters. The summed E-state index contributed by atoms with van der Waals surface area (Å²) in [7, 11) is -5.64. The minimum Gasteiger partial charge on any atom is -0.479 e. The molecule has 4 aliphatic heterocycles. The van der Waals surface area contributed by atoms with Gasteiger partial charge in [-0.1, -0.05) is 86.4 Å². The van der Waals surface area contributed by atoms with Crippen LogP contribution in [0.15, 0.2) is 59.3 Å². The molecule has 93 heavy (non-hydrogen) atoms. The number of rotatable bonds is 32. The number of hydrogen-bond donors (Lipinski definition) is 14. The van der Waals surface area contributed by atoms with Crippen LogP contribution < -0.4 is 22.1 Å². The van der Waals surface area contributed by atoms with Crippen molar-refractivity contribution >= 4 is 43.6 Å². The zero-order chi connectivity index (χ0) is 70.6. The number of ether oxygens (including phenoxy) is 9. The summed E-state index contributed by atoms with van der Waals surface area (Å²) in [5.41, 5.74) is 13.2. The van der Waals surface area contributed by atoms with Crippen LogP contribution in [0.25, 0.3) is 0 Å². The van der Waals surface area contributed by atoms with E-state index in [-0.39, 0.29) is 6.61 Å². The Balaban J connectivity index is 0.000000869. The molecule has 32 nitrogen and oxygen atoms in total. The van der Waals surface area contributed by atoms with E-state index < -0.39 is 185 Å². The lowest BCUT2D eigenvalue weighted by Gasteiger charge is -2.51. The van der Waals surface area contributed by atoms with E-state index in [1.807, 2.05) is 0 Å². The first-order valence-electron chi connectivity index (χ1n) is 30.3. The van der Waals surface area contributed by atoms with Crippen LogP contribution in [0.1, 0.15) is 128 Å². The Bertz CT molecular complexity index is 2660. The topological polar surface area (TPSA) is 499 Å². The molecular formula is C60H99N4O28P. The second kappa shape index (κ2) is 37.4. The van der Waals surface area contributed by atoms with Gasteiger partial charge in [0.15, 0.2) is 55.7 Å². The second-order valence-corrected chi connectivity index (χ2v) is 26.0. The Morgan fingerprint density at radius 3 is 1.84 bits per heavy atom. The fraction of sp³-hybridized carbons (Fsp3) is 0.733. The highest BCUT2D eigenvalue weighted by Gasteiger charge is 2.62. The summed E-state index contributed by atoms with van der Waals surface area (Å²) in [6, 6.07) is -3.63. The number of amides is 4. The molecule has 0 aromatic heterocycles. The summed E-state index contributed by atoms with van der Waals surface area (Å²) in [5, 5.41) is 100. The molecule has 16 N–H and O–H groups in total. The van der Waals surface area contributed by atoms with E-state index >= 15 is 0 Å². The molecule has 4 heterocycles. The van der Waals surface area contributed by atoms with E-state index in [1.165, 1.54) is 55.4 Å². The molecule has 0 aromatic carbocycles. The third kappa shape index (κ3) is 25.4. The van der Waals surface area contributed by atoms with Gasteiger partial charge in [-0.05, 0) is 92.4 Å². The molecule has 4 rings (SSSR count). The van der Waals surface area contributed by atoms with Gasteiger partial charge in [-0.3, -0.25) is 23.4 Å². The SMILES string of the molecule is C=C(C/C=C(\C)CCC=C(C)C)CCC(C)(C)/C=C/CCC.CC(=O)NC1C(OC2C(CO)OC(OC3C(OP(=O)(O)OCC(OCC=C(C)C)C(=O)O)OC(C(N)=O)C(C)(O)C3OC(N)=O)C(NC(C)=O)C2O)OC(C)C(OC2OC(C(=O)O)C(O)C(O)C2O)C1O. The standard InChI is InChI=1S/C38H61N4O28P.C22H38/c1-11(2)7-8-60-16(31(52)53)10-61-71(58,59)70-36-27(28(69-37(40)56)38(6,57)29(68-36)30(39)51)67-34-18(42-14(5)45)20(47)25(15(9-43)63-34)65-33-17(41-13(4)44)19(46)24(12(3)62-33)64-35-23(50)21(48)22(49)26(66-35)32(54)55;1-8-9-10-17-22(6,7)18-16-21(5)15-14-20(4)13-11-12-19(2)3/h7,12,15-29,33-36,43,46-50,57H,8-10H2,1-6H3,(H2,39,51)(H2,40,56)(H,41,44)(H,42,45)(H,52,53)(H,54,55)(H,58,59);10,12,14,17H,5,8-9,11,13,15-16,18H2,1-4,6-7H3/b;17-10+,20-14+. The highest BCUT2D eigenvalue weighted by molar-refractivity contribution is 7.47. The quantitative estimate of drug-likeness (QED) is 0.0330. The molecule has 0 aliphatic carbocycles. The maximum absolute atomic E-state index is 13.4. The highest BCUT2D eigenvalue weighted by Crippen LogP contribution is 2.49. The molecule has 0 aromatic rings. The van der Waals surface area contributed by atoms with Gasteiger partial charge < -0.3 is 116 Å². The molecule has 4 saturated heterocycles. The number of carbonyl (C=O) groups excluding carboxylic acids is 4. The second-order valence-electron chi connectivity index (χ2n) is 24.6. The number of aliphatic hydroxyl groups is 7. The van der Waals surface area contributed by atoms with Crippen molar-refractivity contribution in [1.29, 1.82) is 0 Å². The van der Waals surface area contributed by atoms with Gasteiger partial charge in [0.1, 0.15) is 66.5 Å². The Morgan fingerprint density at radius 2 is 1.31 bits per heavy atom. The summed E-state index contributed by atoms with van der Waals surface area (Å²) in [5.74, 6) is -6.64. The van der Waals surface area contributed by atoms with Crippen molar-refractivity contribution in [3.8, 4) is 0 Å². The molecule has 4 aliphatic rings. The lowest BCUT2D eigenvalue weighted by molar-refractivity contribution is -0.370. The number of hydrogen-bond acceptors (Lipinski definition) is 25. The smallest absolute Gasteiger partial charge is 0.474 e. The lowest BCUT2D eigenvalue weighted by atomic mass is 9.85. The van der Waals surface area contributed by atoms with Crippen LogP contribution >= 0.6 is 7.82 Å². The van der Waals surface area contributed by atoms with Crippen LogP contribution in [0, 0.1) is 5.41 Å². The van der Waals surface area contributed by atoms with Crippen molar-refractivity contribution in [1.82, 2.24) is 10.6 Å². The van der Waals surface area contributed by atoms with E-state index in [1.54, 1.807) is 13.8 Å². The molecular weight excluding hydrogens is 1260 g/mol. The predicted molar refractivity (Wildman–Crippen MR) is 326 cm³/mol. The van der Waals surface area contributed by atoms with E-state index in [0.717, 1.165) is 45.6 Å². The third-order valence-corrected chi connectivity index (χ3v) is 16.2. The number of unbranched alkanes of at least 4 members (excludes halogenated alkanes) is 1. The first kappa shape index (κ1) is 82.1. The number of nitrogens with two attached hydrogens (primary N) is 2. The van der Waals surface area contributed by atoms with E-state index in [0.29, 0.717) is 5.41 Å². The van der Waals surface area contributed by atoms with Crippen LogP contribution in [0.2, 0.25) is 0 Å². The van der Waals surface area contributed by atoms with E-state index in [9.17, 15) is 84.2 Å². The molecule has 33 heteroatoms. The summed E-state index contributed by atoms with van der Waals surface area (Å²) in [6.45, 7) is 22.6. The molecule has 4 amide bonds. The normalized spacial score (nSPS) is 33.3. The minimum absolute atomic E-state index is 0.273. The molecule has 0 bridgehead atoms. The number of carboxylic acids is 2. The third-order valence-electron chi connectivity index (χ3n) is 15.2. The van der Waals surface area contributed by atoms with Gasteiger partial charge in [0.2, 0.25) is 17.7 Å². The number of primary amides is 2. The first-order chi connectivity index (χ1) is 43.2. The van der Waals surface area contributed by atoms with Crippen molar-refractivity contribution in [2.45, 2.75) is 256 Å². The maximum atomic E-state index is 13.4. The predicted octanol–water partition coefficient (Wildman–Crippen LogP) is 1.01. The van der Waals surface area contributed by atoms with Gasteiger partial charge in [0.25, 0.3) is 0 Å². The van der Waals surface area contributed by atoms with Gasteiger partial charge in [-0.15, -0.1) is 0 Å². The molecule has 22 atom stereocenters. The fourth-order valence-electron chi connectivity index (χ4n) is 10.0. The zero-order valence-corrected chi connectivity index (χ0v) is 55.5. The van der Waals surface area contributed by atoms with Gasteiger partial charge in [0.05, 0.1) is 25.9 Å².